The van der Waals surface area contributed by atoms with Gasteiger partial charge in [0.1, 0.15) is 0 Å². The van der Waals surface area contributed by atoms with Crippen LogP contribution in [0.5, 0.6) is 0 Å². The zero-order valence-electron chi connectivity index (χ0n) is 13.4. The number of pyridine rings is 1. The number of alkyl halides is 3. The zero-order chi connectivity index (χ0) is 18.7. The van der Waals surface area contributed by atoms with Crippen molar-refractivity contribution in [3.8, 4) is 11.4 Å². The number of nitrogens with zero attached hydrogens (tertiary/aromatic N) is 3. The van der Waals surface area contributed by atoms with Gasteiger partial charge in [-0.1, -0.05) is 17.3 Å². The van der Waals surface area contributed by atoms with Crippen LogP contribution in [0.4, 0.5) is 13.2 Å². The van der Waals surface area contributed by atoms with Gasteiger partial charge in [-0.05, 0) is 31.2 Å². The molecule has 134 valence electrons. The molecule has 0 aliphatic carbocycles. The molecule has 1 aromatic carbocycles. The second kappa shape index (κ2) is 6.95. The first-order chi connectivity index (χ1) is 12.3. The number of benzene rings is 1. The molecule has 0 spiro atoms. The van der Waals surface area contributed by atoms with Gasteiger partial charge in [0, 0.05) is 17.5 Å². The van der Waals surface area contributed by atoms with E-state index in [2.05, 4.69) is 15.1 Å². The van der Waals surface area contributed by atoms with Gasteiger partial charge in [0.2, 0.25) is 5.82 Å². The second-order valence-electron chi connectivity index (χ2n) is 5.35. The molecule has 2 heterocycles. The Kier molecular flexibility index (Phi) is 4.70. The maximum absolute atomic E-state index is 12.6. The van der Waals surface area contributed by atoms with E-state index in [1.165, 1.54) is 18.3 Å². The Balaban J connectivity index is 1.64. The Labute approximate surface area is 145 Å². The molecule has 6 nitrogen and oxygen atoms in total. The Bertz CT molecular complexity index is 903. The molecule has 0 atom stereocenters. The third-order valence-electron chi connectivity index (χ3n) is 3.41. The summed E-state index contributed by atoms with van der Waals surface area (Å²) in [4.78, 5) is 19.9. The first-order valence-electron chi connectivity index (χ1n) is 7.43. The lowest BCUT2D eigenvalue weighted by atomic mass is 10.1. The van der Waals surface area contributed by atoms with Gasteiger partial charge >= 0.3 is 12.1 Å². The van der Waals surface area contributed by atoms with Crippen LogP contribution >= 0.6 is 0 Å². The van der Waals surface area contributed by atoms with Crippen molar-refractivity contribution in [3.05, 3.63) is 65.3 Å². The van der Waals surface area contributed by atoms with Crippen LogP contribution in [0.2, 0.25) is 0 Å². The Morgan fingerprint density at radius 3 is 2.50 bits per heavy atom. The third-order valence-corrected chi connectivity index (χ3v) is 3.41. The van der Waals surface area contributed by atoms with Gasteiger partial charge in [0.25, 0.3) is 5.89 Å². The van der Waals surface area contributed by atoms with Crippen molar-refractivity contribution in [2.45, 2.75) is 19.7 Å². The Hall–Kier alpha value is -3.23. The summed E-state index contributed by atoms with van der Waals surface area (Å²) in [5.74, 6) is -0.484. The van der Waals surface area contributed by atoms with Crippen LogP contribution in [-0.4, -0.2) is 21.1 Å². The van der Waals surface area contributed by atoms with Crippen molar-refractivity contribution < 1.29 is 27.2 Å². The summed E-state index contributed by atoms with van der Waals surface area (Å²) in [5, 5.41) is 3.67. The van der Waals surface area contributed by atoms with Gasteiger partial charge in [-0.25, -0.2) is 4.79 Å². The first kappa shape index (κ1) is 17.6. The number of aryl methyl sites for hydroxylation is 1. The number of rotatable bonds is 4. The average molecular weight is 363 g/mol. The number of halogens is 3. The van der Waals surface area contributed by atoms with E-state index in [9.17, 15) is 18.0 Å². The van der Waals surface area contributed by atoms with Gasteiger partial charge in [0.15, 0.2) is 6.61 Å². The molecule has 0 saturated heterocycles. The molecule has 0 saturated carbocycles. The molecule has 0 aliphatic heterocycles. The minimum atomic E-state index is -4.42. The van der Waals surface area contributed by atoms with Gasteiger partial charge in [-0.3, -0.25) is 4.98 Å². The predicted octanol–water partition coefficient (Wildman–Crippen LogP) is 3.82. The van der Waals surface area contributed by atoms with E-state index in [-0.39, 0.29) is 23.9 Å². The van der Waals surface area contributed by atoms with Crippen molar-refractivity contribution in [1.29, 1.82) is 0 Å². The molecule has 26 heavy (non-hydrogen) atoms. The highest BCUT2D eigenvalue weighted by Gasteiger charge is 2.30. The van der Waals surface area contributed by atoms with Gasteiger partial charge in [-0.15, -0.1) is 0 Å². The van der Waals surface area contributed by atoms with Crippen LogP contribution in [0.25, 0.3) is 11.4 Å². The SMILES string of the molecule is Cc1ccc(C(=O)OCc2nc(-c3ccc(C(F)(F)F)cc3)no2)cn1. The highest BCUT2D eigenvalue weighted by Crippen LogP contribution is 2.30. The lowest BCUT2D eigenvalue weighted by Gasteiger charge is -2.05. The van der Waals surface area contributed by atoms with Crippen molar-refractivity contribution >= 4 is 5.97 Å². The van der Waals surface area contributed by atoms with E-state index in [1.807, 2.05) is 0 Å². The standard InChI is InChI=1S/C17H12F3N3O3/c1-10-2-3-12(8-21-10)16(24)25-9-14-22-15(23-26-14)11-4-6-13(7-5-11)17(18,19)20/h2-8H,9H2,1H3. The van der Waals surface area contributed by atoms with E-state index < -0.39 is 17.7 Å². The number of hydrogen-bond donors (Lipinski definition) is 0. The summed E-state index contributed by atoms with van der Waals surface area (Å²) in [7, 11) is 0. The lowest BCUT2D eigenvalue weighted by Crippen LogP contribution is -2.06. The minimum Gasteiger partial charge on any atom is -0.452 e. The fourth-order valence-corrected chi connectivity index (χ4v) is 2.04. The topological polar surface area (TPSA) is 78.1 Å². The molecular weight excluding hydrogens is 351 g/mol. The molecule has 0 fully saturated rings. The first-order valence-corrected chi connectivity index (χ1v) is 7.43. The monoisotopic (exact) mass is 363 g/mol. The maximum atomic E-state index is 12.6. The smallest absolute Gasteiger partial charge is 0.416 e. The third kappa shape index (κ3) is 4.05. The van der Waals surface area contributed by atoms with Gasteiger partial charge < -0.3 is 9.26 Å². The molecule has 0 bridgehead atoms. The van der Waals surface area contributed by atoms with Crippen LogP contribution in [-0.2, 0) is 17.5 Å². The van der Waals surface area contributed by atoms with Crippen molar-refractivity contribution in [2.75, 3.05) is 0 Å². The summed E-state index contributed by atoms with van der Waals surface area (Å²) >= 11 is 0. The molecular formula is C17H12F3N3O3. The number of ether oxygens (including phenoxy) is 1. The molecule has 0 unspecified atom stereocenters. The second-order valence-corrected chi connectivity index (χ2v) is 5.35. The van der Waals surface area contributed by atoms with E-state index in [0.717, 1.165) is 17.8 Å². The van der Waals surface area contributed by atoms with Crippen LogP contribution < -0.4 is 0 Å². The molecule has 3 rings (SSSR count). The van der Waals surface area contributed by atoms with Crippen molar-refractivity contribution in [1.82, 2.24) is 15.1 Å². The van der Waals surface area contributed by atoms with Gasteiger partial charge in [-0.2, -0.15) is 18.2 Å². The number of hydrogen-bond acceptors (Lipinski definition) is 6. The highest BCUT2D eigenvalue weighted by molar-refractivity contribution is 5.88. The maximum Gasteiger partial charge on any atom is 0.416 e. The van der Waals surface area contributed by atoms with Crippen molar-refractivity contribution in [2.24, 2.45) is 0 Å². The summed E-state index contributed by atoms with van der Waals surface area (Å²) < 4.78 is 47.7. The summed E-state index contributed by atoms with van der Waals surface area (Å²) in [6.07, 6.45) is -3.03. The minimum absolute atomic E-state index is 0.0216. The molecule has 0 aliphatic rings. The summed E-state index contributed by atoms with van der Waals surface area (Å²) in [5.41, 5.74) is 0.616. The largest absolute Gasteiger partial charge is 0.452 e. The molecule has 2 aromatic heterocycles. The fraction of sp³-hybridized carbons (Fsp3) is 0.176. The quantitative estimate of drug-likeness (QED) is 0.656. The van der Waals surface area contributed by atoms with E-state index >= 15 is 0 Å². The number of carbonyl (C=O) groups is 1. The Morgan fingerprint density at radius 2 is 1.88 bits per heavy atom. The molecule has 9 heteroatoms. The van der Waals surface area contributed by atoms with Crippen LogP contribution in [0.15, 0.2) is 47.1 Å². The Morgan fingerprint density at radius 1 is 1.15 bits per heavy atom. The zero-order valence-corrected chi connectivity index (χ0v) is 13.4. The van der Waals surface area contributed by atoms with Crippen LogP contribution in [0.1, 0.15) is 27.5 Å². The number of aromatic nitrogens is 3. The van der Waals surface area contributed by atoms with Crippen LogP contribution in [0.3, 0.4) is 0 Å². The number of esters is 1. The average Bonchev–Trinajstić information content (AvgIpc) is 3.09. The number of carbonyl (C=O) groups excluding carboxylic acids is 1. The normalized spacial score (nSPS) is 11.4. The molecule has 3 aromatic rings. The summed E-state index contributed by atoms with van der Waals surface area (Å²) in [6, 6.07) is 7.58. The summed E-state index contributed by atoms with van der Waals surface area (Å²) in [6.45, 7) is 1.52. The van der Waals surface area contributed by atoms with E-state index in [1.54, 1.807) is 19.1 Å². The van der Waals surface area contributed by atoms with E-state index in [4.69, 9.17) is 9.26 Å². The molecule has 0 radical (unpaired) electrons. The van der Waals surface area contributed by atoms with Crippen molar-refractivity contribution in [3.63, 3.8) is 0 Å². The lowest BCUT2D eigenvalue weighted by molar-refractivity contribution is -0.137. The van der Waals surface area contributed by atoms with Gasteiger partial charge in [0.05, 0.1) is 11.1 Å². The highest BCUT2D eigenvalue weighted by atomic mass is 19.4. The molecule has 0 N–H and O–H groups in total. The van der Waals surface area contributed by atoms with E-state index in [0.29, 0.717) is 5.56 Å². The molecule has 0 amide bonds. The van der Waals surface area contributed by atoms with Crippen LogP contribution in [0, 0.1) is 6.92 Å². The fourth-order valence-electron chi connectivity index (χ4n) is 2.04. The predicted molar refractivity (Wildman–Crippen MR) is 82.8 cm³/mol.